The first-order chi connectivity index (χ1) is 10.1. The normalized spacial score (nSPS) is 10.4. The van der Waals surface area contributed by atoms with Gasteiger partial charge in [-0.25, -0.2) is 4.39 Å². The summed E-state index contributed by atoms with van der Waals surface area (Å²) < 4.78 is 13.1. The molecule has 0 aliphatic rings. The van der Waals surface area contributed by atoms with Gasteiger partial charge in [-0.3, -0.25) is 4.79 Å². The first-order valence-electron chi connectivity index (χ1n) is 6.51. The van der Waals surface area contributed by atoms with Crippen LogP contribution in [0.25, 0.3) is 0 Å². The Hall–Kier alpha value is -1.39. The number of alkyl halides is 1. The van der Waals surface area contributed by atoms with Gasteiger partial charge < -0.3 is 5.32 Å². The number of hydrogen-bond donors (Lipinski definition) is 1. The molecule has 2 aromatic carbocycles. The summed E-state index contributed by atoms with van der Waals surface area (Å²) in [6.07, 6.45) is 1.97. The standard InChI is InChI=1S/C16H14BrClFNO/c17-8-2-4-11-3-1-5-13(9-11)20-16(21)12-6-7-15(19)14(18)10-12/h1,3,5-7,9-10H,2,4,8H2,(H,20,21). The van der Waals surface area contributed by atoms with Crippen molar-refractivity contribution < 1.29 is 9.18 Å². The Morgan fingerprint density at radius 3 is 2.76 bits per heavy atom. The Balaban J connectivity index is 2.10. The summed E-state index contributed by atoms with van der Waals surface area (Å²) in [5.74, 6) is -0.848. The van der Waals surface area contributed by atoms with E-state index in [0.29, 0.717) is 11.3 Å². The molecule has 0 bridgehead atoms. The second kappa shape index (κ2) is 7.57. The highest BCUT2D eigenvalue weighted by molar-refractivity contribution is 9.09. The molecule has 0 aliphatic heterocycles. The third kappa shape index (κ3) is 4.55. The van der Waals surface area contributed by atoms with E-state index in [0.717, 1.165) is 23.7 Å². The van der Waals surface area contributed by atoms with E-state index in [4.69, 9.17) is 11.6 Å². The van der Waals surface area contributed by atoms with Gasteiger partial charge >= 0.3 is 0 Å². The average molecular weight is 371 g/mol. The lowest BCUT2D eigenvalue weighted by Crippen LogP contribution is -2.12. The van der Waals surface area contributed by atoms with E-state index in [1.807, 2.05) is 24.3 Å². The zero-order valence-electron chi connectivity index (χ0n) is 11.2. The summed E-state index contributed by atoms with van der Waals surface area (Å²) in [4.78, 5) is 12.1. The molecule has 0 aliphatic carbocycles. The second-order valence-electron chi connectivity index (χ2n) is 4.58. The zero-order valence-corrected chi connectivity index (χ0v) is 13.5. The zero-order chi connectivity index (χ0) is 15.2. The first kappa shape index (κ1) is 16.0. The van der Waals surface area contributed by atoms with Crippen LogP contribution in [0.4, 0.5) is 10.1 Å². The van der Waals surface area contributed by atoms with Crippen molar-refractivity contribution in [3.8, 4) is 0 Å². The van der Waals surface area contributed by atoms with Crippen molar-refractivity contribution in [2.75, 3.05) is 10.6 Å². The maximum atomic E-state index is 13.1. The minimum Gasteiger partial charge on any atom is -0.322 e. The van der Waals surface area contributed by atoms with Gasteiger partial charge in [0.2, 0.25) is 0 Å². The molecule has 0 aromatic heterocycles. The molecule has 0 unspecified atom stereocenters. The molecule has 110 valence electrons. The fourth-order valence-corrected chi connectivity index (χ4v) is 2.38. The van der Waals surface area contributed by atoms with Crippen LogP contribution in [-0.2, 0) is 6.42 Å². The molecule has 0 heterocycles. The SMILES string of the molecule is O=C(Nc1cccc(CCCBr)c1)c1ccc(F)c(Cl)c1. The third-order valence-electron chi connectivity index (χ3n) is 2.97. The highest BCUT2D eigenvalue weighted by Gasteiger charge is 2.09. The molecule has 2 nitrogen and oxygen atoms in total. The predicted octanol–water partition coefficient (Wildman–Crippen LogP) is 5.06. The van der Waals surface area contributed by atoms with Crippen LogP contribution in [0.1, 0.15) is 22.3 Å². The minimum absolute atomic E-state index is 0.0614. The van der Waals surface area contributed by atoms with Gasteiger partial charge in [-0.05, 0) is 48.7 Å². The molecule has 0 atom stereocenters. The summed E-state index contributed by atoms with van der Waals surface area (Å²) in [6.45, 7) is 0. The molecule has 1 N–H and O–H groups in total. The largest absolute Gasteiger partial charge is 0.322 e. The van der Waals surface area contributed by atoms with Gasteiger partial charge in [0.25, 0.3) is 5.91 Å². The van der Waals surface area contributed by atoms with Crippen LogP contribution >= 0.6 is 27.5 Å². The fraction of sp³-hybridized carbons (Fsp3) is 0.188. The van der Waals surface area contributed by atoms with Crippen LogP contribution in [0.3, 0.4) is 0 Å². The molecular weight excluding hydrogens is 357 g/mol. The lowest BCUT2D eigenvalue weighted by Gasteiger charge is -2.08. The number of hydrogen-bond acceptors (Lipinski definition) is 1. The summed E-state index contributed by atoms with van der Waals surface area (Å²) in [5, 5.41) is 3.67. The summed E-state index contributed by atoms with van der Waals surface area (Å²) in [6, 6.07) is 11.6. The highest BCUT2D eigenvalue weighted by Crippen LogP contribution is 2.18. The van der Waals surface area contributed by atoms with Crippen molar-refractivity contribution in [2.45, 2.75) is 12.8 Å². The molecule has 0 radical (unpaired) electrons. The van der Waals surface area contributed by atoms with Crippen LogP contribution in [0, 0.1) is 5.82 Å². The van der Waals surface area contributed by atoms with Crippen LogP contribution in [-0.4, -0.2) is 11.2 Å². The lowest BCUT2D eigenvalue weighted by atomic mass is 10.1. The van der Waals surface area contributed by atoms with Crippen molar-refractivity contribution >= 4 is 39.1 Å². The number of carbonyl (C=O) groups is 1. The Bertz CT molecular complexity index is 648. The minimum atomic E-state index is -0.537. The maximum Gasteiger partial charge on any atom is 0.255 e. The number of halogens is 3. The maximum absolute atomic E-state index is 13.1. The van der Waals surface area contributed by atoms with Gasteiger partial charge in [0.15, 0.2) is 0 Å². The molecule has 1 amide bonds. The second-order valence-corrected chi connectivity index (χ2v) is 5.78. The Morgan fingerprint density at radius 2 is 2.05 bits per heavy atom. The average Bonchev–Trinajstić information content (AvgIpc) is 2.48. The molecule has 5 heteroatoms. The van der Waals surface area contributed by atoms with Gasteiger partial charge in [-0.1, -0.05) is 39.7 Å². The molecule has 0 spiro atoms. The van der Waals surface area contributed by atoms with Crippen LogP contribution in [0.5, 0.6) is 0 Å². The number of anilines is 1. The molecule has 2 aromatic rings. The van der Waals surface area contributed by atoms with E-state index in [1.165, 1.54) is 18.2 Å². The Kier molecular flexibility index (Phi) is 5.76. The van der Waals surface area contributed by atoms with E-state index in [9.17, 15) is 9.18 Å². The monoisotopic (exact) mass is 369 g/mol. The van der Waals surface area contributed by atoms with Gasteiger partial charge in [-0.15, -0.1) is 0 Å². The van der Waals surface area contributed by atoms with Gasteiger partial charge in [0, 0.05) is 16.6 Å². The van der Waals surface area contributed by atoms with Crippen LogP contribution < -0.4 is 5.32 Å². The quantitative estimate of drug-likeness (QED) is 0.732. The number of benzene rings is 2. The Morgan fingerprint density at radius 1 is 1.24 bits per heavy atom. The van der Waals surface area contributed by atoms with Crippen molar-refractivity contribution in [3.63, 3.8) is 0 Å². The summed E-state index contributed by atoms with van der Waals surface area (Å²) >= 11 is 9.08. The van der Waals surface area contributed by atoms with E-state index in [2.05, 4.69) is 21.2 Å². The van der Waals surface area contributed by atoms with Crippen molar-refractivity contribution in [1.82, 2.24) is 0 Å². The van der Waals surface area contributed by atoms with Crippen molar-refractivity contribution in [3.05, 3.63) is 64.4 Å². The molecule has 0 saturated heterocycles. The lowest BCUT2D eigenvalue weighted by molar-refractivity contribution is 0.102. The van der Waals surface area contributed by atoms with Crippen molar-refractivity contribution in [2.24, 2.45) is 0 Å². The van der Waals surface area contributed by atoms with E-state index in [1.54, 1.807) is 0 Å². The van der Waals surface area contributed by atoms with E-state index >= 15 is 0 Å². The first-order valence-corrected chi connectivity index (χ1v) is 8.01. The molecule has 2 rings (SSSR count). The smallest absolute Gasteiger partial charge is 0.255 e. The van der Waals surface area contributed by atoms with E-state index in [-0.39, 0.29) is 10.9 Å². The molecule has 21 heavy (non-hydrogen) atoms. The predicted molar refractivity (Wildman–Crippen MR) is 87.9 cm³/mol. The third-order valence-corrected chi connectivity index (χ3v) is 3.82. The number of nitrogens with one attached hydrogen (secondary N) is 1. The number of aryl methyl sites for hydroxylation is 1. The fourth-order valence-electron chi connectivity index (χ4n) is 1.92. The van der Waals surface area contributed by atoms with Crippen molar-refractivity contribution in [1.29, 1.82) is 0 Å². The van der Waals surface area contributed by atoms with Gasteiger partial charge in [-0.2, -0.15) is 0 Å². The molecule has 0 saturated carbocycles. The van der Waals surface area contributed by atoms with Gasteiger partial charge in [0.05, 0.1) is 5.02 Å². The number of carbonyl (C=O) groups excluding carboxylic acids is 1. The molecular formula is C16H14BrClFNO. The van der Waals surface area contributed by atoms with Gasteiger partial charge in [0.1, 0.15) is 5.82 Å². The number of amides is 1. The topological polar surface area (TPSA) is 29.1 Å². The number of rotatable bonds is 5. The van der Waals surface area contributed by atoms with E-state index < -0.39 is 5.82 Å². The van der Waals surface area contributed by atoms with Crippen LogP contribution in [0.15, 0.2) is 42.5 Å². The molecule has 0 fully saturated rings. The van der Waals surface area contributed by atoms with Crippen LogP contribution in [0.2, 0.25) is 5.02 Å². The highest BCUT2D eigenvalue weighted by atomic mass is 79.9. The Labute approximate surface area is 136 Å². The summed E-state index contributed by atoms with van der Waals surface area (Å²) in [7, 11) is 0. The summed E-state index contributed by atoms with van der Waals surface area (Å²) in [5.41, 5.74) is 2.20.